The molecule has 1 aromatic heterocycles. The second kappa shape index (κ2) is 7.01. The Morgan fingerprint density at radius 3 is 2.52 bits per heavy atom. The highest BCUT2D eigenvalue weighted by atomic mass is 32.2. The van der Waals surface area contributed by atoms with Crippen molar-refractivity contribution in [3.8, 4) is 0 Å². The maximum Gasteiger partial charge on any atom is 0.246 e. The van der Waals surface area contributed by atoms with Crippen molar-refractivity contribution in [3.05, 3.63) is 11.4 Å². The van der Waals surface area contributed by atoms with Crippen LogP contribution in [0.2, 0.25) is 0 Å². The van der Waals surface area contributed by atoms with E-state index in [0.29, 0.717) is 24.5 Å². The monoisotopic (exact) mass is 318 g/mol. The molecule has 120 valence electrons. The number of rotatable bonds is 7. The maximum atomic E-state index is 12.2. The summed E-state index contributed by atoms with van der Waals surface area (Å²) >= 11 is 0. The molecule has 0 bridgehead atoms. The van der Waals surface area contributed by atoms with Gasteiger partial charge in [0, 0.05) is 27.7 Å². The van der Waals surface area contributed by atoms with Crippen LogP contribution in [0.25, 0.3) is 0 Å². The molecule has 9 heteroatoms. The van der Waals surface area contributed by atoms with E-state index in [4.69, 9.17) is 4.74 Å². The molecule has 0 saturated carbocycles. The molecule has 1 amide bonds. The third-order valence-corrected chi connectivity index (χ3v) is 5.04. The molecule has 0 fully saturated rings. The fourth-order valence-corrected chi connectivity index (χ4v) is 3.13. The van der Waals surface area contributed by atoms with Crippen LogP contribution in [0.15, 0.2) is 4.90 Å². The van der Waals surface area contributed by atoms with E-state index >= 15 is 0 Å². The quantitative estimate of drug-likeness (QED) is 0.685. The van der Waals surface area contributed by atoms with Crippen LogP contribution in [0.1, 0.15) is 11.4 Å². The summed E-state index contributed by atoms with van der Waals surface area (Å²) in [7, 11) is 0.894. The number of carbonyl (C=O) groups is 1. The molecule has 0 unspecified atom stereocenters. The number of hydrogen-bond acceptors (Lipinski definition) is 5. The van der Waals surface area contributed by atoms with Gasteiger partial charge >= 0.3 is 0 Å². The Morgan fingerprint density at radius 1 is 1.38 bits per heavy atom. The number of sulfonamides is 1. The lowest BCUT2D eigenvalue weighted by Crippen LogP contribution is -2.31. The van der Waals surface area contributed by atoms with Crippen molar-refractivity contribution < 1.29 is 17.9 Å². The minimum Gasteiger partial charge on any atom is -0.383 e. The molecule has 0 saturated heterocycles. The van der Waals surface area contributed by atoms with Gasteiger partial charge in [-0.1, -0.05) is 0 Å². The van der Waals surface area contributed by atoms with Gasteiger partial charge in [0.1, 0.15) is 11.4 Å². The summed E-state index contributed by atoms with van der Waals surface area (Å²) < 4.78 is 31.8. The van der Waals surface area contributed by atoms with Crippen molar-refractivity contribution >= 4 is 15.9 Å². The average molecular weight is 318 g/mol. The molecule has 0 spiro atoms. The number of nitrogens with one attached hydrogen (secondary N) is 1. The summed E-state index contributed by atoms with van der Waals surface area (Å²) in [6.07, 6.45) is 0. The molecule has 0 atom stereocenters. The zero-order valence-electron chi connectivity index (χ0n) is 13.0. The molecule has 21 heavy (non-hydrogen) atoms. The third kappa shape index (κ3) is 4.02. The van der Waals surface area contributed by atoms with E-state index in [-0.39, 0.29) is 17.3 Å². The zero-order valence-corrected chi connectivity index (χ0v) is 13.8. The van der Waals surface area contributed by atoms with E-state index in [9.17, 15) is 13.2 Å². The molecular weight excluding hydrogens is 296 g/mol. The largest absolute Gasteiger partial charge is 0.383 e. The van der Waals surface area contributed by atoms with Crippen molar-refractivity contribution in [2.75, 3.05) is 34.4 Å². The highest BCUT2D eigenvalue weighted by Gasteiger charge is 2.27. The van der Waals surface area contributed by atoms with Crippen LogP contribution in [0, 0.1) is 13.8 Å². The van der Waals surface area contributed by atoms with Crippen LogP contribution in [0.5, 0.6) is 0 Å². The van der Waals surface area contributed by atoms with Crippen molar-refractivity contribution in [3.63, 3.8) is 0 Å². The predicted molar refractivity (Wildman–Crippen MR) is 77.5 cm³/mol. The van der Waals surface area contributed by atoms with Crippen LogP contribution in [-0.4, -0.2) is 62.8 Å². The minimum atomic E-state index is -3.58. The Labute approximate surface area is 125 Å². The number of amides is 1. The topological polar surface area (TPSA) is 93.5 Å². The number of hydrogen-bond donors (Lipinski definition) is 1. The highest BCUT2D eigenvalue weighted by Crippen LogP contribution is 2.21. The van der Waals surface area contributed by atoms with E-state index in [2.05, 4.69) is 10.4 Å². The third-order valence-electron chi connectivity index (χ3n) is 2.98. The van der Waals surface area contributed by atoms with E-state index in [1.807, 2.05) is 0 Å². The number of nitrogens with zero attached hydrogens (tertiary/aromatic N) is 3. The standard InChI is InChI=1S/C12H22N4O4S/c1-9-12(21(18,19)15(3)4)10(2)16(14-9)8-11(17)13-6-7-20-5/h6-8H2,1-5H3,(H,13,17). The van der Waals surface area contributed by atoms with Gasteiger partial charge in [-0.25, -0.2) is 12.7 Å². The smallest absolute Gasteiger partial charge is 0.246 e. The number of methoxy groups -OCH3 is 1. The first-order valence-electron chi connectivity index (χ1n) is 6.44. The molecule has 8 nitrogen and oxygen atoms in total. The first-order valence-corrected chi connectivity index (χ1v) is 7.88. The van der Waals surface area contributed by atoms with Crippen LogP contribution in [0.3, 0.4) is 0 Å². The zero-order chi connectivity index (χ0) is 16.2. The SMILES string of the molecule is COCCNC(=O)Cn1nc(C)c(S(=O)(=O)N(C)C)c1C. The van der Waals surface area contributed by atoms with Crippen molar-refractivity contribution in [2.24, 2.45) is 0 Å². The molecule has 0 radical (unpaired) electrons. The van der Waals surface area contributed by atoms with Crippen LogP contribution in [-0.2, 0) is 26.1 Å². The van der Waals surface area contributed by atoms with E-state index in [1.54, 1.807) is 21.0 Å². The first-order chi connectivity index (χ1) is 9.71. The van der Waals surface area contributed by atoms with Crippen molar-refractivity contribution in [1.29, 1.82) is 0 Å². The molecular formula is C12H22N4O4S. The Morgan fingerprint density at radius 2 is 2.00 bits per heavy atom. The second-order valence-corrected chi connectivity index (χ2v) is 6.88. The van der Waals surface area contributed by atoms with Crippen LogP contribution >= 0.6 is 0 Å². The highest BCUT2D eigenvalue weighted by molar-refractivity contribution is 7.89. The number of carbonyl (C=O) groups excluding carboxylic acids is 1. The first kappa shape index (κ1) is 17.6. The Bertz CT molecular complexity index is 607. The lowest BCUT2D eigenvalue weighted by molar-refractivity contribution is -0.122. The Balaban J connectivity index is 2.96. The molecule has 0 aliphatic carbocycles. The molecule has 0 aliphatic heterocycles. The van der Waals surface area contributed by atoms with Gasteiger partial charge < -0.3 is 10.1 Å². The summed E-state index contributed by atoms with van der Waals surface area (Å²) in [5, 5.41) is 6.81. The van der Waals surface area contributed by atoms with Crippen LogP contribution < -0.4 is 5.32 Å². The molecule has 0 aliphatic rings. The van der Waals surface area contributed by atoms with Gasteiger partial charge in [0.05, 0.1) is 18.0 Å². The summed E-state index contributed by atoms with van der Waals surface area (Å²) in [5.74, 6) is -0.244. The predicted octanol–water partition coefficient (Wildman–Crippen LogP) is -0.487. The lowest BCUT2D eigenvalue weighted by atomic mass is 10.4. The molecule has 1 heterocycles. The number of aryl methyl sites for hydroxylation is 1. The normalized spacial score (nSPS) is 11.9. The van der Waals surface area contributed by atoms with Gasteiger partial charge in [0.2, 0.25) is 15.9 Å². The van der Waals surface area contributed by atoms with E-state index in [0.717, 1.165) is 4.31 Å². The minimum absolute atomic E-state index is 0.0284. The summed E-state index contributed by atoms with van der Waals surface area (Å²) in [6.45, 7) is 4.04. The summed E-state index contributed by atoms with van der Waals surface area (Å²) in [5.41, 5.74) is 0.828. The van der Waals surface area contributed by atoms with Gasteiger partial charge in [0.25, 0.3) is 0 Å². The fraction of sp³-hybridized carbons (Fsp3) is 0.667. The molecule has 0 aromatic carbocycles. The summed E-state index contributed by atoms with van der Waals surface area (Å²) in [4.78, 5) is 11.9. The fourth-order valence-electron chi connectivity index (χ4n) is 1.87. The van der Waals surface area contributed by atoms with Crippen molar-refractivity contribution in [1.82, 2.24) is 19.4 Å². The second-order valence-electron chi connectivity index (χ2n) is 4.79. The molecule has 1 rings (SSSR count). The number of ether oxygens (including phenoxy) is 1. The van der Waals surface area contributed by atoms with E-state index in [1.165, 1.54) is 18.8 Å². The van der Waals surface area contributed by atoms with Gasteiger partial charge in [-0.15, -0.1) is 0 Å². The van der Waals surface area contributed by atoms with Crippen LogP contribution in [0.4, 0.5) is 0 Å². The van der Waals surface area contributed by atoms with Gasteiger partial charge in [-0.05, 0) is 13.8 Å². The average Bonchev–Trinajstić information content (AvgIpc) is 2.64. The Hall–Kier alpha value is -1.45. The maximum absolute atomic E-state index is 12.2. The van der Waals surface area contributed by atoms with Crippen molar-refractivity contribution in [2.45, 2.75) is 25.3 Å². The van der Waals surface area contributed by atoms with Gasteiger partial charge in [-0.2, -0.15) is 5.10 Å². The summed E-state index contributed by atoms with van der Waals surface area (Å²) in [6, 6.07) is 0. The Kier molecular flexibility index (Phi) is 5.87. The number of aromatic nitrogens is 2. The van der Waals surface area contributed by atoms with Gasteiger partial charge in [0.15, 0.2) is 0 Å². The molecule has 1 N–H and O–H groups in total. The van der Waals surface area contributed by atoms with Gasteiger partial charge in [-0.3, -0.25) is 9.48 Å². The van der Waals surface area contributed by atoms with E-state index < -0.39 is 10.0 Å². The molecule has 1 aromatic rings. The lowest BCUT2D eigenvalue weighted by Gasteiger charge is -2.11.